The first kappa shape index (κ1) is 16.1. The predicted molar refractivity (Wildman–Crippen MR) is 93.3 cm³/mol. The van der Waals surface area contributed by atoms with E-state index in [0.29, 0.717) is 29.3 Å². The quantitative estimate of drug-likeness (QED) is 0.662. The molecular formula is C16H17N5O2S. The monoisotopic (exact) mass is 343 g/mol. The summed E-state index contributed by atoms with van der Waals surface area (Å²) in [6.07, 6.45) is 3.91. The van der Waals surface area contributed by atoms with Crippen LogP contribution in [0.25, 0.3) is 10.7 Å². The fourth-order valence-corrected chi connectivity index (χ4v) is 3.01. The van der Waals surface area contributed by atoms with E-state index in [0.717, 1.165) is 10.7 Å². The summed E-state index contributed by atoms with van der Waals surface area (Å²) in [5, 5.41) is 12.1. The third kappa shape index (κ3) is 3.60. The minimum absolute atomic E-state index is 0.286. The molecule has 3 aromatic rings. The number of H-pyrrole nitrogens is 2. The van der Waals surface area contributed by atoms with Gasteiger partial charge in [0.15, 0.2) is 0 Å². The van der Waals surface area contributed by atoms with Crippen LogP contribution < -0.4 is 10.9 Å². The Hall–Kier alpha value is -2.74. The topological polar surface area (TPSA) is 104 Å². The number of nitrogens with zero attached hydrogens (tertiary/aromatic N) is 2. The van der Waals surface area contributed by atoms with Gasteiger partial charge in [0.05, 0.1) is 11.9 Å². The maximum atomic E-state index is 12.5. The Morgan fingerprint density at radius 3 is 2.92 bits per heavy atom. The van der Waals surface area contributed by atoms with Crippen molar-refractivity contribution in [1.29, 1.82) is 0 Å². The molecular weight excluding hydrogens is 326 g/mol. The van der Waals surface area contributed by atoms with Crippen LogP contribution in [-0.2, 0) is 6.42 Å². The van der Waals surface area contributed by atoms with Gasteiger partial charge in [-0.3, -0.25) is 14.7 Å². The molecule has 0 unspecified atom stereocenters. The predicted octanol–water partition coefficient (Wildman–Crippen LogP) is 2.67. The summed E-state index contributed by atoms with van der Waals surface area (Å²) in [5.74, 6) is 0.0228. The third-order valence-corrected chi connectivity index (χ3v) is 4.11. The first-order valence-corrected chi connectivity index (χ1v) is 8.38. The molecule has 0 atom stereocenters. The van der Waals surface area contributed by atoms with Crippen molar-refractivity contribution in [1.82, 2.24) is 20.2 Å². The summed E-state index contributed by atoms with van der Waals surface area (Å²) < 4.78 is 0. The number of aromatic nitrogens is 4. The number of anilines is 1. The van der Waals surface area contributed by atoms with Gasteiger partial charge in [0.2, 0.25) is 5.56 Å². The lowest BCUT2D eigenvalue weighted by Crippen LogP contribution is -2.18. The minimum Gasteiger partial charge on any atom is -0.326 e. The van der Waals surface area contributed by atoms with Gasteiger partial charge >= 0.3 is 0 Å². The summed E-state index contributed by atoms with van der Waals surface area (Å²) in [4.78, 5) is 31.3. The summed E-state index contributed by atoms with van der Waals surface area (Å²) in [6, 6.07) is 3.00. The van der Waals surface area contributed by atoms with Crippen molar-refractivity contribution in [2.45, 2.75) is 20.3 Å². The third-order valence-electron chi connectivity index (χ3n) is 3.32. The Morgan fingerprint density at radius 1 is 1.38 bits per heavy atom. The maximum absolute atomic E-state index is 12.5. The van der Waals surface area contributed by atoms with Crippen molar-refractivity contribution in [3.05, 3.63) is 51.5 Å². The minimum atomic E-state index is -0.356. The molecule has 0 aliphatic carbocycles. The zero-order valence-electron chi connectivity index (χ0n) is 13.3. The highest BCUT2D eigenvalue weighted by molar-refractivity contribution is 7.13. The normalized spacial score (nSPS) is 11.0. The van der Waals surface area contributed by atoms with Crippen molar-refractivity contribution in [2.75, 3.05) is 5.32 Å². The Morgan fingerprint density at radius 2 is 2.21 bits per heavy atom. The smallest absolute Gasteiger partial charge is 0.256 e. The van der Waals surface area contributed by atoms with Gasteiger partial charge in [-0.1, -0.05) is 13.8 Å². The second-order valence-electron chi connectivity index (χ2n) is 5.81. The van der Waals surface area contributed by atoms with Gasteiger partial charge in [0.25, 0.3) is 5.91 Å². The van der Waals surface area contributed by atoms with E-state index in [9.17, 15) is 9.59 Å². The highest BCUT2D eigenvalue weighted by atomic mass is 32.1. The van der Waals surface area contributed by atoms with Crippen LogP contribution in [0.15, 0.2) is 34.7 Å². The van der Waals surface area contributed by atoms with Crippen molar-refractivity contribution in [3.8, 4) is 10.7 Å². The van der Waals surface area contributed by atoms with E-state index in [2.05, 4.69) is 39.3 Å². The van der Waals surface area contributed by atoms with Crippen LogP contribution in [0.1, 0.15) is 29.9 Å². The first-order chi connectivity index (χ1) is 11.5. The van der Waals surface area contributed by atoms with E-state index in [1.54, 1.807) is 12.3 Å². The van der Waals surface area contributed by atoms with Gasteiger partial charge in [0.1, 0.15) is 10.7 Å². The molecule has 0 aliphatic rings. The fraction of sp³-hybridized carbons (Fsp3) is 0.250. The molecule has 3 rings (SSSR count). The van der Waals surface area contributed by atoms with Crippen molar-refractivity contribution < 1.29 is 4.79 Å². The van der Waals surface area contributed by atoms with Gasteiger partial charge in [-0.05, 0) is 18.4 Å². The molecule has 8 heteroatoms. The second kappa shape index (κ2) is 6.79. The number of pyridine rings is 1. The number of hydrogen-bond donors (Lipinski definition) is 3. The number of nitrogens with one attached hydrogen (secondary N) is 3. The summed E-state index contributed by atoms with van der Waals surface area (Å²) in [7, 11) is 0. The molecule has 0 aromatic carbocycles. The number of carbonyl (C=O) groups is 1. The zero-order chi connectivity index (χ0) is 17.1. The van der Waals surface area contributed by atoms with Gasteiger partial charge in [-0.25, -0.2) is 4.98 Å². The molecule has 0 fully saturated rings. The lowest BCUT2D eigenvalue weighted by Gasteiger charge is -2.08. The van der Waals surface area contributed by atoms with E-state index in [4.69, 9.17) is 0 Å². The molecule has 3 heterocycles. The average Bonchev–Trinajstić information content (AvgIpc) is 3.16. The Labute approximate surface area is 142 Å². The lowest BCUT2D eigenvalue weighted by molar-refractivity contribution is 0.102. The van der Waals surface area contributed by atoms with Gasteiger partial charge < -0.3 is 10.3 Å². The van der Waals surface area contributed by atoms with Crippen LogP contribution in [0, 0.1) is 5.92 Å². The number of aromatic amines is 2. The number of thiazole rings is 1. The van der Waals surface area contributed by atoms with Crippen LogP contribution in [0.4, 0.5) is 5.69 Å². The molecule has 3 N–H and O–H groups in total. The molecule has 0 saturated heterocycles. The van der Waals surface area contributed by atoms with Crippen LogP contribution in [-0.4, -0.2) is 26.1 Å². The zero-order valence-corrected chi connectivity index (χ0v) is 14.1. The molecule has 24 heavy (non-hydrogen) atoms. The van der Waals surface area contributed by atoms with Gasteiger partial charge in [-0.2, -0.15) is 5.10 Å². The summed E-state index contributed by atoms with van der Waals surface area (Å²) in [6.45, 7) is 4.10. The molecule has 7 nitrogen and oxygen atoms in total. The Balaban J connectivity index is 1.85. The van der Waals surface area contributed by atoms with E-state index in [1.807, 2.05) is 5.38 Å². The SMILES string of the molecule is CC(C)Cc1cc(C(=O)Nc2cn[nH]c2-c2nccs2)cc(=O)[nH]1. The standard InChI is InChI=1S/C16H17N5O2S/c1-9(2)5-11-6-10(7-13(22)19-11)15(23)20-12-8-18-21-14(12)16-17-3-4-24-16/h3-4,6-9H,5H2,1-2H3,(H,18,21)(H,19,22)(H,20,23). The van der Waals surface area contributed by atoms with E-state index >= 15 is 0 Å². The fourth-order valence-electron chi connectivity index (χ4n) is 2.37. The van der Waals surface area contributed by atoms with Crippen molar-refractivity contribution in [3.63, 3.8) is 0 Å². The second-order valence-corrected chi connectivity index (χ2v) is 6.70. The van der Waals surface area contributed by atoms with Crippen LogP contribution in [0.3, 0.4) is 0 Å². The van der Waals surface area contributed by atoms with Crippen LogP contribution in [0.2, 0.25) is 0 Å². The number of amides is 1. The van der Waals surface area contributed by atoms with Crippen molar-refractivity contribution in [2.24, 2.45) is 5.92 Å². The van der Waals surface area contributed by atoms with E-state index in [-0.39, 0.29) is 11.5 Å². The highest BCUT2D eigenvalue weighted by Gasteiger charge is 2.15. The summed E-state index contributed by atoms with van der Waals surface area (Å²) in [5.41, 5.74) is 1.95. The van der Waals surface area contributed by atoms with Crippen LogP contribution >= 0.6 is 11.3 Å². The largest absolute Gasteiger partial charge is 0.326 e. The maximum Gasteiger partial charge on any atom is 0.256 e. The first-order valence-electron chi connectivity index (χ1n) is 7.50. The van der Waals surface area contributed by atoms with E-state index < -0.39 is 0 Å². The number of rotatable bonds is 5. The van der Waals surface area contributed by atoms with Crippen molar-refractivity contribution >= 4 is 22.9 Å². The molecule has 0 saturated carbocycles. The molecule has 0 bridgehead atoms. The van der Waals surface area contributed by atoms with Gasteiger partial charge in [0, 0.05) is 28.9 Å². The molecule has 3 aromatic heterocycles. The highest BCUT2D eigenvalue weighted by Crippen LogP contribution is 2.27. The van der Waals surface area contributed by atoms with Gasteiger partial charge in [-0.15, -0.1) is 11.3 Å². The molecule has 0 aliphatic heterocycles. The average molecular weight is 343 g/mol. The number of carbonyl (C=O) groups excluding carboxylic acids is 1. The lowest BCUT2D eigenvalue weighted by atomic mass is 10.1. The van der Waals surface area contributed by atoms with Crippen LogP contribution in [0.5, 0.6) is 0 Å². The number of hydrogen-bond acceptors (Lipinski definition) is 5. The van der Waals surface area contributed by atoms with E-state index in [1.165, 1.54) is 23.6 Å². The summed E-state index contributed by atoms with van der Waals surface area (Å²) >= 11 is 1.44. The molecule has 0 spiro atoms. The Kier molecular flexibility index (Phi) is 4.57. The molecule has 124 valence electrons. The molecule has 0 radical (unpaired) electrons. The Bertz CT molecular complexity index is 895. The molecule has 1 amide bonds.